The Morgan fingerprint density at radius 1 is 0.909 bits per heavy atom. The zero-order valence-electron chi connectivity index (χ0n) is 14.9. The summed E-state index contributed by atoms with van der Waals surface area (Å²) in [6.45, 7) is 13.1. The first-order valence-electron chi connectivity index (χ1n) is 8.33. The van der Waals surface area contributed by atoms with Gasteiger partial charge in [-0.25, -0.2) is 4.79 Å². The molecule has 1 aromatic carbocycles. The summed E-state index contributed by atoms with van der Waals surface area (Å²) < 4.78 is 0. The van der Waals surface area contributed by atoms with Crippen LogP contribution in [0.25, 0.3) is 0 Å². The van der Waals surface area contributed by atoms with Crippen LogP contribution in [0, 0.1) is 17.8 Å². The maximum Gasteiger partial charge on any atom is 0.409 e. The maximum absolute atomic E-state index is 11.2. The molecular formula is C19H31NO2. The van der Waals surface area contributed by atoms with Gasteiger partial charge in [-0.15, -0.1) is 0 Å². The van der Waals surface area contributed by atoms with Gasteiger partial charge in [0.05, 0.1) is 5.69 Å². The lowest BCUT2D eigenvalue weighted by atomic mass is 9.90. The summed E-state index contributed by atoms with van der Waals surface area (Å²) >= 11 is 0. The number of nitrogens with one attached hydrogen (secondary N) is 1. The molecule has 0 bridgehead atoms. The molecule has 0 saturated carbocycles. The van der Waals surface area contributed by atoms with Gasteiger partial charge in [0.1, 0.15) is 0 Å². The van der Waals surface area contributed by atoms with Crippen LogP contribution in [0.5, 0.6) is 0 Å². The lowest BCUT2D eigenvalue weighted by Gasteiger charge is -2.20. The van der Waals surface area contributed by atoms with Gasteiger partial charge in [0, 0.05) is 0 Å². The van der Waals surface area contributed by atoms with Gasteiger partial charge in [-0.05, 0) is 53.7 Å². The Kier molecular flexibility index (Phi) is 6.92. The van der Waals surface area contributed by atoms with Crippen molar-refractivity contribution in [3.8, 4) is 0 Å². The predicted molar refractivity (Wildman–Crippen MR) is 93.7 cm³/mol. The van der Waals surface area contributed by atoms with Gasteiger partial charge in [-0.3, -0.25) is 5.32 Å². The van der Waals surface area contributed by atoms with Crippen molar-refractivity contribution in [3.05, 3.63) is 28.8 Å². The zero-order chi connectivity index (χ0) is 16.9. The average molecular weight is 305 g/mol. The normalized spacial score (nSPS) is 11.5. The van der Waals surface area contributed by atoms with Crippen LogP contribution in [0.4, 0.5) is 10.5 Å². The largest absolute Gasteiger partial charge is 0.465 e. The van der Waals surface area contributed by atoms with Gasteiger partial charge in [0.15, 0.2) is 0 Å². The summed E-state index contributed by atoms with van der Waals surface area (Å²) in [5.41, 5.74) is 4.39. The Morgan fingerprint density at radius 3 is 1.64 bits per heavy atom. The Morgan fingerprint density at radius 2 is 1.32 bits per heavy atom. The summed E-state index contributed by atoms with van der Waals surface area (Å²) in [5.74, 6) is 1.59. The molecule has 124 valence electrons. The van der Waals surface area contributed by atoms with Gasteiger partial charge in [0.2, 0.25) is 0 Å². The van der Waals surface area contributed by atoms with Crippen molar-refractivity contribution in [2.45, 2.75) is 60.8 Å². The third kappa shape index (κ3) is 6.08. The molecule has 3 heteroatoms. The molecule has 0 spiro atoms. The number of amides is 1. The third-order valence-corrected chi connectivity index (χ3v) is 3.49. The van der Waals surface area contributed by atoms with E-state index in [1.807, 2.05) is 0 Å². The molecule has 0 atom stereocenters. The number of hydrogen-bond acceptors (Lipinski definition) is 1. The molecule has 3 nitrogen and oxygen atoms in total. The monoisotopic (exact) mass is 305 g/mol. The summed E-state index contributed by atoms with van der Waals surface area (Å²) in [7, 11) is 0. The second-order valence-corrected chi connectivity index (χ2v) is 7.51. The fraction of sp³-hybridized carbons (Fsp3) is 0.632. The molecule has 0 aliphatic heterocycles. The van der Waals surface area contributed by atoms with Crippen LogP contribution in [-0.4, -0.2) is 11.2 Å². The van der Waals surface area contributed by atoms with Gasteiger partial charge >= 0.3 is 6.09 Å². The quantitative estimate of drug-likeness (QED) is 0.711. The van der Waals surface area contributed by atoms with E-state index in [1.54, 1.807) is 0 Å². The van der Waals surface area contributed by atoms with E-state index in [1.165, 1.54) is 5.56 Å². The molecule has 1 amide bonds. The Balaban J connectivity index is 3.34. The molecule has 1 aromatic rings. The van der Waals surface area contributed by atoms with Crippen molar-refractivity contribution >= 4 is 11.8 Å². The van der Waals surface area contributed by atoms with Crippen LogP contribution in [0.2, 0.25) is 0 Å². The van der Waals surface area contributed by atoms with Crippen molar-refractivity contribution in [1.82, 2.24) is 0 Å². The summed E-state index contributed by atoms with van der Waals surface area (Å²) in [6.07, 6.45) is 1.84. The summed E-state index contributed by atoms with van der Waals surface area (Å²) in [6, 6.07) is 4.38. The molecule has 22 heavy (non-hydrogen) atoms. The van der Waals surface area contributed by atoms with Crippen molar-refractivity contribution in [1.29, 1.82) is 0 Å². The van der Waals surface area contributed by atoms with Crippen LogP contribution in [-0.2, 0) is 19.3 Å². The van der Waals surface area contributed by atoms with Crippen LogP contribution in [0.15, 0.2) is 12.1 Å². The zero-order valence-corrected chi connectivity index (χ0v) is 14.9. The van der Waals surface area contributed by atoms with Crippen molar-refractivity contribution < 1.29 is 9.90 Å². The first-order valence-corrected chi connectivity index (χ1v) is 8.33. The third-order valence-electron chi connectivity index (χ3n) is 3.49. The Hall–Kier alpha value is -1.51. The van der Waals surface area contributed by atoms with Crippen molar-refractivity contribution in [3.63, 3.8) is 0 Å². The smallest absolute Gasteiger partial charge is 0.409 e. The lowest BCUT2D eigenvalue weighted by Crippen LogP contribution is -2.14. The van der Waals surface area contributed by atoms with Gasteiger partial charge in [-0.2, -0.15) is 0 Å². The highest BCUT2D eigenvalue weighted by Crippen LogP contribution is 2.29. The first-order chi connectivity index (χ1) is 10.2. The first kappa shape index (κ1) is 18.5. The molecule has 0 aromatic heterocycles. The molecule has 0 fully saturated rings. The predicted octanol–water partition coefficient (Wildman–Crippen LogP) is 5.37. The van der Waals surface area contributed by atoms with Crippen LogP contribution >= 0.6 is 0 Å². The molecule has 0 aliphatic rings. The van der Waals surface area contributed by atoms with E-state index in [2.05, 4.69) is 59.0 Å². The Bertz CT molecular complexity index is 473. The molecule has 0 aliphatic carbocycles. The summed E-state index contributed by atoms with van der Waals surface area (Å²) in [5, 5.41) is 11.8. The minimum absolute atomic E-state index is 0.496. The van der Waals surface area contributed by atoms with E-state index in [-0.39, 0.29) is 0 Å². The number of rotatable bonds is 7. The number of carboxylic acid groups (broad SMARTS) is 1. The molecule has 1 rings (SSSR count). The van der Waals surface area contributed by atoms with Crippen LogP contribution in [0.3, 0.4) is 0 Å². The standard InChI is InChI=1S/C19H31NO2/c1-12(2)7-15-10-16(8-13(3)4)18(20-19(21)22)17(11-15)9-14(5)6/h10-14,20H,7-9H2,1-6H3,(H,21,22). The van der Waals surface area contributed by atoms with E-state index in [0.717, 1.165) is 36.1 Å². The van der Waals surface area contributed by atoms with E-state index in [9.17, 15) is 9.90 Å². The minimum Gasteiger partial charge on any atom is -0.465 e. The molecule has 0 saturated heterocycles. The van der Waals surface area contributed by atoms with Crippen LogP contribution < -0.4 is 5.32 Å². The highest BCUT2D eigenvalue weighted by atomic mass is 16.4. The molecule has 2 N–H and O–H groups in total. The number of hydrogen-bond donors (Lipinski definition) is 2. The fourth-order valence-electron chi connectivity index (χ4n) is 2.90. The second kappa shape index (κ2) is 8.21. The summed E-state index contributed by atoms with van der Waals surface area (Å²) in [4.78, 5) is 11.2. The topological polar surface area (TPSA) is 49.3 Å². The van der Waals surface area contributed by atoms with Crippen molar-refractivity contribution in [2.24, 2.45) is 17.8 Å². The molecular weight excluding hydrogens is 274 g/mol. The van der Waals surface area contributed by atoms with Crippen LogP contribution in [0.1, 0.15) is 58.2 Å². The molecule has 0 unspecified atom stereocenters. The second-order valence-electron chi connectivity index (χ2n) is 7.51. The van der Waals surface area contributed by atoms with E-state index in [0.29, 0.717) is 17.8 Å². The number of anilines is 1. The van der Waals surface area contributed by atoms with Crippen molar-refractivity contribution in [2.75, 3.05) is 5.32 Å². The van der Waals surface area contributed by atoms with E-state index < -0.39 is 6.09 Å². The SMILES string of the molecule is CC(C)Cc1cc(CC(C)C)c(NC(=O)O)c(CC(C)C)c1. The Labute approximate surface area is 135 Å². The van der Waals surface area contributed by atoms with E-state index in [4.69, 9.17) is 0 Å². The molecule has 0 heterocycles. The maximum atomic E-state index is 11.2. The number of carbonyl (C=O) groups is 1. The highest BCUT2D eigenvalue weighted by molar-refractivity contribution is 5.85. The number of benzene rings is 1. The highest BCUT2D eigenvalue weighted by Gasteiger charge is 2.16. The fourth-order valence-corrected chi connectivity index (χ4v) is 2.90. The minimum atomic E-state index is -0.980. The average Bonchev–Trinajstić information content (AvgIpc) is 2.30. The van der Waals surface area contributed by atoms with Gasteiger partial charge in [-0.1, -0.05) is 53.7 Å². The molecule has 0 radical (unpaired) electrons. The lowest BCUT2D eigenvalue weighted by molar-refractivity contribution is 0.209. The van der Waals surface area contributed by atoms with Gasteiger partial charge in [0.25, 0.3) is 0 Å². The van der Waals surface area contributed by atoms with Gasteiger partial charge < -0.3 is 5.11 Å². The van der Waals surface area contributed by atoms with E-state index >= 15 is 0 Å².